The van der Waals surface area contributed by atoms with E-state index in [2.05, 4.69) is 38.1 Å². The number of nitrogens with two attached hydrogens (primary N) is 1. The van der Waals surface area contributed by atoms with E-state index in [1.54, 1.807) is 7.11 Å². The zero-order valence-electron chi connectivity index (χ0n) is 9.21. The molecule has 0 amide bonds. The second-order valence-corrected chi connectivity index (χ2v) is 4.06. The molecule has 0 spiro atoms. The Bertz CT molecular complexity index is 281. The Morgan fingerprint density at radius 3 is 2.29 bits per heavy atom. The van der Waals surface area contributed by atoms with Crippen LogP contribution >= 0.6 is 0 Å². The van der Waals surface area contributed by atoms with Crippen LogP contribution in [0.4, 0.5) is 0 Å². The summed E-state index contributed by atoms with van der Waals surface area (Å²) in [4.78, 5) is 0. The largest absolute Gasteiger partial charge is 0.384 e. The number of rotatable bonds is 4. The lowest BCUT2D eigenvalue weighted by Gasteiger charge is -2.27. The van der Waals surface area contributed by atoms with Gasteiger partial charge >= 0.3 is 0 Å². The van der Waals surface area contributed by atoms with Gasteiger partial charge in [-0.1, -0.05) is 36.8 Å². The summed E-state index contributed by atoms with van der Waals surface area (Å²) in [6.07, 6.45) is 0. The number of methoxy groups -OCH3 is 1. The smallest absolute Gasteiger partial charge is 0.0568 e. The van der Waals surface area contributed by atoms with Crippen molar-refractivity contribution < 1.29 is 4.74 Å². The third kappa shape index (κ3) is 2.34. The van der Waals surface area contributed by atoms with E-state index in [0.29, 0.717) is 13.2 Å². The lowest BCUT2D eigenvalue weighted by molar-refractivity contribution is 0.141. The topological polar surface area (TPSA) is 35.2 Å². The Kier molecular flexibility index (Phi) is 3.67. The molecule has 1 atom stereocenters. The normalized spacial score (nSPS) is 15.1. The average Bonchev–Trinajstić information content (AvgIpc) is 2.19. The van der Waals surface area contributed by atoms with Gasteiger partial charge in [0.2, 0.25) is 0 Å². The van der Waals surface area contributed by atoms with Crippen LogP contribution in [0.25, 0.3) is 0 Å². The molecule has 0 saturated carbocycles. The zero-order chi connectivity index (χ0) is 10.6. The van der Waals surface area contributed by atoms with Gasteiger partial charge in [-0.05, 0) is 12.5 Å². The number of hydrogen-bond donors (Lipinski definition) is 1. The van der Waals surface area contributed by atoms with Crippen molar-refractivity contribution in [3.63, 3.8) is 0 Å². The molecular weight excluding hydrogens is 174 g/mol. The Labute approximate surface area is 86.1 Å². The Hall–Kier alpha value is -0.860. The van der Waals surface area contributed by atoms with Gasteiger partial charge < -0.3 is 10.5 Å². The van der Waals surface area contributed by atoms with Crippen LogP contribution in [0.3, 0.4) is 0 Å². The third-order valence-corrected chi connectivity index (χ3v) is 2.66. The minimum Gasteiger partial charge on any atom is -0.384 e. The third-order valence-electron chi connectivity index (χ3n) is 2.66. The van der Waals surface area contributed by atoms with Gasteiger partial charge in [0.05, 0.1) is 6.61 Å². The molecule has 0 heterocycles. The van der Waals surface area contributed by atoms with Gasteiger partial charge in [0.15, 0.2) is 0 Å². The van der Waals surface area contributed by atoms with Gasteiger partial charge in [0, 0.05) is 19.1 Å². The molecule has 1 rings (SSSR count). The maximum absolute atomic E-state index is 5.78. The Morgan fingerprint density at radius 1 is 1.29 bits per heavy atom. The monoisotopic (exact) mass is 193 g/mol. The molecule has 1 aromatic rings. The Morgan fingerprint density at radius 2 is 1.86 bits per heavy atom. The summed E-state index contributed by atoms with van der Waals surface area (Å²) in [5.41, 5.74) is 8.23. The summed E-state index contributed by atoms with van der Waals surface area (Å²) in [7, 11) is 1.71. The van der Waals surface area contributed by atoms with E-state index in [1.807, 2.05) is 0 Å². The summed E-state index contributed by atoms with van der Waals surface area (Å²) in [6.45, 7) is 5.47. The van der Waals surface area contributed by atoms with Crippen LogP contribution in [0.1, 0.15) is 18.1 Å². The Balaban J connectivity index is 2.94. The van der Waals surface area contributed by atoms with Crippen molar-refractivity contribution in [2.45, 2.75) is 19.3 Å². The first-order chi connectivity index (χ1) is 6.62. The molecule has 14 heavy (non-hydrogen) atoms. The molecule has 0 fully saturated rings. The molecule has 0 aliphatic rings. The first kappa shape index (κ1) is 11.2. The molecule has 0 aliphatic heterocycles. The van der Waals surface area contributed by atoms with Gasteiger partial charge in [-0.2, -0.15) is 0 Å². The highest BCUT2D eigenvalue weighted by atomic mass is 16.5. The highest BCUT2D eigenvalue weighted by Crippen LogP contribution is 2.23. The lowest BCUT2D eigenvalue weighted by Crippen LogP contribution is -2.36. The van der Waals surface area contributed by atoms with Gasteiger partial charge in [-0.15, -0.1) is 0 Å². The first-order valence-corrected chi connectivity index (χ1v) is 4.88. The van der Waals surface area contributed by atoms with E-state index >= 15 is 0 Å². The number of hydrogen-bond acceptors (Lipinski definition) is 2. The van der Waals surface area contributed by atoms with Gasteiger partial charge in [-0.3, -0.25) is 0 Å². The second kappa shape index (κ2) is 4.58. The van der Waals surface area contributed by atoms with Crippen molar-refractivity contribution in [3.05, 3.63) is 35.4 Å². The first-order valence-electron chi connectivity index (χ1n) is 4.88. The molecule has 0 bridgehead atoms. The molecule has 0 aromatic heterocycles. The maximum Gasteiger partial charge on any atom is 0.0568 e. The zero-order valence-corrected chi connectivity index (χ0v) is 9.21. The fraction of sp³-hybridized carbons (Fsp3) is 0.500. The van der Waals surface area contributed by atoms with E-state index in [9.17, 15) is 0 Å². The predicted octanol–water partition coefficient (Wildman–Crippen LogP) is 1.86. The molecule has 2 nitrogen and oxygen atoms in total. The van der Waals surface area contributed by atoms with Gasteiger partial charge in [-0.25, -0.2) is 0 Å². The SMILES string of the molecule is COCC(C)(CN)c1ccc(C)cc1. The number of aryl methyl sites for hydroxylation is 1. The lowest BCUT2D eigenvalue weighted by atomic mass is 9.83. The van der Waals surface area contributed by atoms with Crippen molar-refractivity contribution in [2.24, 2.45) is 5.73 Å². The van der Waals surface area contributed by atoms with Crippen molar-refractivity contribution >= 4 is 0 Å². The van der Waals surface area contributed by atoms with E-state index < -0.39 is 0 Å². The standard InChI is InChI=1S/C12H19NO/c1-10-4-6-11(7-5-10)12(2,8-13)9-14-3/h4-7H,8-9,13H2,1-3H3. The molecule has 0 aliphatic carbocycles. The summed E-state index contributed by atoms with van der Waals surface area (Å²) < 4.78 is 5.20. The van der Waals surface area contributed by atoms with E-state index in [-0.39, 0.29) is 5.41 Å². The van der Waals surface area contributed by atoms with Crippen LogP contribution in [0.15, 0.2) is 24.3 Å². The van der Waals surface area contributed by atoms with Crippen LogP contribution in [-0.4, -0.2) is 20.3 Å². The number of ether oxygens (including phenoxy) is 1. The van der Waals surface area contributed by atoms with Crippen LogP contribution < -0.4 is 5.73 Å². The summed E-state index contributed by atoms with van der Waals surface area (Å²) >= 11 is 0. The summed E-state index contributed by atoms with van der Waals surface area (Å²) in [5.74, 6) is 0. The highest BCUT2D eigenvalue weighted by Gasteiger charge is 2.24. The number of benzene rings is 1. The van der Waals surface area contributed by atoms with Crippen molar-refractivity contribution in [1.29, 1.82) is 0 Å². The fourth-order valence-electron chi connectivity index (χ4n) is 1.53. The summed E-state index contributed by atoms with van der Waals surface area (Å²) in [6, 6.07) is 8.47. The summed E-state index contributed by atoms with van der Waals surface area (Å²) in [5, 5.41) is 0. The molecule has 2 heteroatoms. The van der Waals surface area contributed by atoms with Gasteiger partial charge in [0.1, 0.15) is 0 Å². The molecular formula is C12H19NO. The molecule has 0 radical (unpaired) electrons. The minimum atomic E-state index is -0.0670. The molecule has 0 saturated heterocycles. The molecule has 1 aromatic carbocycles. The van der Waals surface area contributed by atoms with Crippen LogP contribution in [0.5, 0.6) is 0 Å². The predicted molar refractivity (Wildman–Crippen MR) is 59.5 cm³/mol. The van der Waals surface area contributed by atoms with E-state index in [1.165, 1.54) is 11.1 Å². The molecule has 78 valence electrons. The fourth-order valence-corrected chi connectivity index (χ4v) is 1.53. The molecule has 2 N–H and O–H groups in total. The minimum absolute atomic E-state index is 0.0670. The van der Waals surface area contributed by atoms with E-state index in [4.69, 9.17) is 10.5 Å². The van der Waals surface area contributed by atoms with Gasteiger partial charge in [0.25, 0.3) is 0 Å². The average molecular weight is 193 g/mol. The quantitative estimate of drug-likeness (QED) is 0.792. The second-order valence-electron chi connectivity index (χ2n) is 4.06. The van der Waals surface area contributed by atoms with Crippen molar-refractivity contribution in [3.8, 4) is 0 Å². The maximum atomic E-state index is 5.78. The van der Waals surface area contributed by atoms with Crippen LogP contribution in [0, 0.1) is 6.92 Å². The van der Waals surface area contributed by atoms with Crippen molar-refractivity contribution in [2.75, 3.05) is 20.3 Å². The van der Waals surface area contributed by atoms with Crippen molar-refractivity contribution in [1.82, 2.24) is 0 Å². The van der Waals surface area contributed by atoms with Crippen LogP contribution in [-0.2, 0) is 10.2 Å². The van der Waals surface area contributed by atoms with E-state index in [0.717, 1.165) is 0 Å². The highest BCUT2D eigenvalue weighted by molar-refractivity contribution is 5.28. The molecule has 1 unspecified atom stereocenters. The van der Waals surface area contributed by atoms with Crippen LogP contribution in [0.2, 0.25) is 0 Å².